The van der Waals surface area contributed by atoms with Crippen LogP contribution in [0.25, 0.3) is 0 Å². The van der Waals surface area contributed by atoms with Crippen LogP contribution in [0.15, 0.2) is 24.3 Å². The highest BCUT2D eigenvalue weighted by Gasteiger charge is 2.75. The first kappa shape index (κ1) is 42.9. The summed E-state index contributed by atoms with van der Waals surface area (Å²) in [4.78, 5) is 60.2. The van der Waals surface area contributed by atoms with Crippen molar-refractivity contribution in [2.75, 3.05) is 59.5 Å². The first-order valence-corrected chi connectivity index (χ1v) is 21.2. The molecule has 1 aliphatic carbocycles. The number of rotatable bonds is 17. The highest BCUT2D eigenvalue weighted by molar-refractivity contribution is 7.54. The monoisotopic (exact) mass is 794 g/mol. The van der Waals surface area contributed by atoms with Crippen LogP contribution in [-0.4, -0.2) is 117 Å². The summed E-state index contributed by atoms with van der Waals surface area (Å²) in [5.41, 5.74) is -2.68. The highest BCUT2D eigenvalue weighted by Crippen LogP contribution is 2.63. The SMILES string of the molecule is CCOC(=O)C[C@]12[C@@H]3CCN(C(=O)OC(C)(C)C)[C@H]1[C@@](COC(=O)CP(=O)(OCC)OCC)(COC1CCCCO1)C[C@H]3C(=O)N2Cc1ccc(OC)cc1. The summed E-state index contributed by atoms with van der Waals surface area (Å²) in [6.45, 7) is 11.0. The summed E-state index contributed by atoms with van der Waals surface area (Å²) < 4.78 is 59.7. The molecule has 1 unspecified atom stereocenters. The molecule has 4 bridgehead atoms. The highest BCUT2D eigenvalue weighted by atomic mass is 31.2. The number of likely N-dealkylation sites (tertiary alicyclic amines) is 2. The van der Waals surface area contributed by atoms with Gasteiger partial charge in [-0.15, -0.1) is 0 Å². The molecule has 0 aromatic heterocycles. The number of benzene rings is 1. The van der Waals surface area contributed by atoms with Crippen molar-refractivity contribution >= 4 is 31.5 Å². The van der Waals surface area contributed by atoms with E-state index in [9.17, 15) is 23.7 Å². The molecule has 0 spiro atoms. The molecule has 16 heteroatoms. The maximum Gasteiger partial charge on any atom is 0.410 e. The van der Waals surface area contributed by atoms with Crippen LogP contribution >= 0.6 is 7.60 Å². The van der Waals surface area contributed by atoms with E-state index in [0.717, 1.165) is 18.4 Å². The third kappa shape index (κ3) is 9.50. The van der Waals surface area contributed by atoms with E-state index in [0.29, 0.717) is 25.2 Å². The molecule has 1 saturated carbocycles. The minimum atomic E-state index is -3.84. The molecule has 0 N–H and O–H groups in total. The van der Waals surface area contributed by atoms with Crippen LogP contribution in [0.2, 0.25) is 0 Å². The average Bonchev–Trinajstić information content (AvgIpc) is 3.29. The smallest absolute Gasteiger partial charge is 0.410 e. The van der Waals surface area contributed by atoms with Gasteiger partial charge in [-0.3, -0.25) is 18.9 Å². The normalized spacial score (nSPS) is 27.8. The molecule has 1 aromatic rings. The Morgan fingerprint density at radius 3 is 2.25 bits per heavy atom. The molecule has 308 valence electrons. The number of carbonyl (C=O) groups excluding carboxylic acids is 4. The van der Waals surface area contributed by atoms with E-state index in [1.54, 1.807) is 70.6 Å². The van der Waals surface area contributed by atoms with Gasteiger partial charge in [0.25, 0.3) is 0 Å². The Kier molecular flexibility index (Phi) is 14.0. The van der Waals surface area contributed by atoms with E-state index in [-0.39, 0.29) is 70.8 Å². The predicted octanol–water partition coefficient (Wildman–Crippen LogP) is 5.71. The minimum Gasteiger partial charge on any atom is -0.497 e. The zero-order valence-electron chi connectivity index (χ0n) is 33.4. The fourth-order valence-electron chi connectivity index (χ4n) is 9.04. The molecule has 3 heterocycles. The predicted molar refractivity (Wildman–Crippen MR) is 199 cm³/mol. The van der Waals surface area contributed by atoms with Gasteiger partial charge in [0.05, 0.1) is 57.0 Å². The molecule has 4 aliphatic rings. The fraction of sp³-hybridized carbons (Fsp3) is 0.744. The maximum absolute atomic E-state index is 14.9. The Morgan fingerprint density at radius 1 is 0.945 bits per heavy atom. The molecule has 55 heavy (non-hydrogen) atoms. The van der Waals surface area contributed by atoms with E-state index in [2.05, 4.69) is 0 Å². The van der Waals surface area contributed by atoms with Crippen LogP contribution in [-0.2, 0) is 58.2 Å². The fourth-order valence-corrected chi connectivity index (χ4v) is 10.5. The van der Waals surface area contributed by atoms with Crippen LogP contribution in [0.5, 0.6) is 5.75 Å². The van der Waals surface area contributed by atoms with Gasteiger partial charge in [0.2, 0.25) is 5.91 Å². The number of esters is 2. The second-order valence-electron chi connectivity index (χ2n) is 15.8. The average molecular weight is 795 g/mol. The maximum atomic E-state index is 14.9. The van der Waals surface area contributed by atoms with Crippen molar-refractivity contribution < 1.29 is 61.2 Å². The minimum absolute atomic E-state index is 0.0578. The van der Waals surface area contributed by atoms with E-state index >= 15 is 0 Å². The standard InChI is InChI=1S/C39H59N2O13P/c1-8-48-31(42)22-39-30-18-19-40(36(45)54-37(4,5)6)35(39)38(26-51-33-13-11-12-20-49-33,25-50-32(43)24-55(46,52-9-2)53-10-3)21-29(30)34(44)41(39)23-27-14-16-28(47-7)17-15-27/h14-17,29-30,33,35H,8-13,18-26H2,1-7H3/t29-,30-,33?,35+,38+,39+/m1/s1. The van der Waals surface area contributed by atoms with Crippen molar-refractivity contribution in [3.05, 3.63) is 29.8 Å². The number of hydrogen-bond donors (Lipinski definition) is 0. The molecule has 3 saturated heterocycles. The lowest BCUT2D eigenvalue weighted by Crippen LogP contribution is -2.76. The largest absolute Gasteiger partial charge is 0.497 e. The van der Waals surface area contributed by atoms with Crippen LogP contribution in [0.4, 0.5) is 4.79 Å². The lowest BCUT2D eigenvalue weighted by Gasteiger charge is -2.62. The summed E-state index contributed by atoms with van der Waals surface area (Å²) in [6.07, 6.45) is 0.909. The number of methoxy groups -OCH3 is 1. The molecule has 6 atom stereocenters. The van der Waals surface area contributed by atoms with Gasteiger partial charge in [-0.2, -0.15) is 0 Å². The molecule has 15 nitrogen and oxygen atoms in total. The van der Waals surface area contributed by atoms with Gasteiger partial charge in [0.15, 0.2) is 6.29 Å². The van der Waals surface area contributed by atoms with E-state index in [1.165, 1.54) is 0 Å². The number of hydrogen-bond acceptors (Lipinski definition) is 13. The van der Waals surface area contributed by atoms with Crippen molar-refractivity contribution in [2.45, 2.75) is 110 Å². The van der Waals surface area contributed by atoms with Gasteiger partial charge in [-0.1, -0.05) is 12.1 Å². The van der Waals surface area contributed by atoms with Gasteiger partial charge in [0, 0.05) is 25.6 Å². The second-order valence-corrected chi connectivity index (χ2v) is 17.8. The lowest BCUT2D eigenvalue weighted by atomic mass is 9.52. The molecular weight excluding hydrogens is 735 g/mol. The van der Waals surface area contributed by atoms with E-state index in [4.69, 9.17) is 37.5 Å². The third-order valence-electron chi connectivity index (χ3n) is 10.9. The van der Waals surface area contributed by atoms with Crippen molar-refractivity contribution in [2.24, 2.45) is 17.3 Å². The zero-order valence-corrected chi connectivity index (χ0v) is 34.3. The Morgan fingerprint density at radius 2 is 1.65 bits per heavy atom. The summed E-state index contributed by atoms with van der Waals surface area (Å²) in [5, 5.41) is 0. The quantitative estimate of drug-likeness (QED) is 0.107. The Labute approximate surface area is 324 Å². The number of nitrogens with zero attached hydrogens (tertiary/aromatic N) is 2. The molecule has 5 rings (SSSR count). The molecule has 1 aromatic carbocycles. The van der Waals surface area contributed by atoms with Crippen LogP contribution in [0.1, 0.15) is 85.6 Å². The Hall–Kier alpha value is -3.23. The van der Waals surface area contributed by atoms with Crippen molar-refractivity contribution in [3.8, 4) is 5.75 Å². The lowest BCUT2D eigenvalue weighted by molar-refractivity contribution is -0.220. The van der Waals surface area contributed by atoms with Gasteiger partial charge < -0.3 is 47.3 Å². The van der Waals surface area contributed by atoms with Gasteiger partial charge >= 0.3 is 25.6 Å². The van der Waals surface area contributed by atoms with Gasteiger partial charge in [-0.05, 0) is 97.3 Å². The molecule has 2 amide bonds. The van der Waals surface area contributed by atoms with Gasteiger partial charge in [0.1, 0.15) is 24.1 Å². The van der Waals surface area contributed by atoms with Crippen molar-refractivity contribution in [1.29, 1.82) is 0 Å². The molecular formula is C39H59N2O13P. The van der Waals surface area contributed by atoms with Gasteiger partial charge in [-0.25, -0.2) is 4.79 Å². The van der Waals surface area contributed by atoms with Crippen LogP contribution in [0.3, 0.4) is 0 Å². The van der Waals surface area contributed by atoms with E-state index < -0.39 is 66.6 Å². The molecule has 4 fully saturated rings. The first-order valence-electron chi connectivity index (χ1n) is 19.5. The first-order chi connectivity index (χ1) is 26.1. The number of piperidine rings is 1. The van der Waals surface area contributed by atoms with Crippen molar-refractivity contribution in [1.82, 2.24) is 9.80 Å². The molecule has 0 radical (unpaired) electrons. The second kappa shape index (κ2) is 17.9. The summed E-state index contributed by atoms with van der Waals surface area (Å²) in [7, 11) is -2.26. The Bertz CT molecular complexity index is 1550. The molecule has 3 aliphatic heterocycles. The summed E-state index contributed by atoms with van der Waals surface area (Å²) >= 11 is 0. The topological polar surface area (TPSA) is 166 Å². The van der Waals surface area contributed by atoms with E-state index in [1.807, 2.05) is 12.1 Å². The van der Waals surface area contributed by atoms with Crippen molar-refractivity contribution in [3.63, 3.8) is 0 Å². The van der Waals surface area contributed by atoms with Crippen LogP contribution in [0, 0.1) is 17.3 Å². The number of carbonyl (C=O) groups is 4. The Balaban J connectivity index is 1.66. The number of amides is 2. The number of ether oxygens (including phenoxy) is 6. The summed E-state index contributed by atoms with van der Waals surface area (Å²) in [6, 6.07) is 6.38. The third-order valence-corrected chi connectivity index (χ3v) is 12.9. The zero-order chi connectivity index (χ0) is 40.0. The van der Waals surface area contributed by atoms with Crippen LogP contribution < -0.4 is 4.74 Å². The summed E-state index contributed by atoms with van der Waals surface area (Å²) in [5.74, 6) is -1.88.